The van der Waals surface area contributed by atoms with Crippen molar-refractivity contribution in [3.05, 3.63) is 74.6 Å². The minimum atomic E-state index is -0.412. The van der Waals surface area contributed by atoms with Crippen LogP contribution < -0.4 is 15.7 Å². The van der Waals surface area contributed by atoms with Crippen molar-refractivity contribution in [2.24, 2.45) is 0 Å². The summed E-state index contributed by atoms with van der Waals surface area (Å²) in [7, 11) is 1.56. The highest BCUT2D eigenvalue weighted by atomic mass is 35.5. The van der Waals surface area contributed by atoms with Gasteiger partial charge in [0.05, 0.1) is 7.11 Å². The molecule has 3 aromatic rings. The average molecular weight is 400 g/mol. The highest BCUT2D eigenvalue weighted by Crippen LogP contribution is 2.24. The monoisotopic (exact) mass is 399 g/mol. The molecule has 1 aromatic heterocycles. The van der Waals surface area contributed by atoms with Gasteiger partial charge in [0, 0.05) is 35.0 Å². The standard InChI is InChI=1S/C22H22ClNO4/c1-14-18-7-6-17(27-2)13-20(18)28-22(26)19(14)8-9-21(25)24-11-10-15-4-3-5-16(23)12-15/h3-7,12-13H,8-11H2,1-2H3,(H,24,25). The van der Waals surface area contributed by atoms with Gasteiger partial charge in [-0.1, -0.05) is 23.7 Å². The number of carbonyl (C=O) groups is 1. The SMILES string of the molecule is COc1ccc2c(C)c(CCC(=O)NCCc3cccc(Cl)c3)c(=O)oc2c1. The fourth-order valence-corrected chi connectivity index (χ4v) is 3.37. The molecule has 0 bridgehead atoms. The van der Waals surface area contributed by atoms with E-state index in [1.54, 1.807) is 13.2 Å². The third kappa shape index (κ3) is 4.73. The number of carbonyl (C=O) groups excluding carboxylic acids is 1. The van der Waals surface area contributed by atoms with Crippen molar-refractivity contribution in [2.75, 3.05) is 13.7 Å². The van der Waals surface area contributed by atoms with Crippen LogP contribution in [-0.2, 0) is 17.6 Å². The van der Waals surface area contributed by atoms with Crippen LogP contribution in [0.2, 0.25) is 5.02 Å². The van der Waals surface area contributed by atoms with Gasteiger partial charge in [0.25, 0.3) is 0 Å². The lowest BCUT2D eigenvalue weighted by atomic mass is 10.0. The van der Waals surface area contributed by atoms with Crippen LogP contribution in [0.4, 0.5) is 0 Å². The molecule has 1 N–H and O–H groups in total. The highest BCUT2D eigenvalue weighted by Gasteiger charge is 2.13. The second-order valence-corrected chi connectivity index (χ2v) is 7.02. The minimum Gasteiger partial charge on any atom is -0.497 e. The molecule has 28 heavy (non-hydrogen) atoms. The molecule has 0 saturated heterocycles. The Morgan fingerprint density at radius 2 is 2.00 bits per heavy atom. The number of fused-ring (bicyclic) bond motifs is 1. The molecule has 6 heteroatoms. The van der Waals surface area contributed by atoms with E-state index < -0.39 is 5.63 Å². The number of nitrogens with one attached hydrogen (secondary N) is 1. The van der Waals surface area contributed by atoms with Gasteiger partial charge in [-0.15, -0.1) is 0 Å². The molecule has 0 saturated carbocycles. The quantitative estimate of drug-likeness (QED) is 0.608. The molecule has 0 spiro atoms. The van der Waals surface area contributed by atoms with Crippen molar-refractivity contribution in [1.82, 2.24) is 5.32 Å². The normalized spacial score (nSPS) is 10.8. The third-order valence-electron chi connectivity index (χ3n) is 4.72. The first-order valence-corrected chi connectivity index (χ1v) is 9.47. The second-order valence-electron chi connectivity index (χ2n) is 6.59. The fourth-order valence-electron chi connectivity index (χ4n) is 3.16. The summed E-state index contributed by atoms with van der Waals surface area (Å²) < 4.78 is 10.6. The number of hydrogen-bond acceptors (Lipinski definition) is 4. The van der Waals surface area contributed by atoms with Crippen LogP contribution in [0, 0.1) is 6.92 Å². The van der Waals surface area contributed by atoms with Crippen LogP contribution in [-0.4, -0.2) is 19.6 Å². The summed E-state index contributed by atoms with van der Waals surface area (Å²) in [6.07, 6.45) is 1.26. The Morgan fingerprint density at radius 3 is 2.75 bits per heavy atom. The predicted molar refractivity (Wildman–Crippen MR) is 110 cm³/mol. The Kier molecular flexibility index (Phi) is 6.37. The van der Waals surface area contributed by atoms with E-state index in [4.69, 9.17) is 20.8 Å². The van der Waals surface area contributed by atoms with Crippen LogP contribution in [0.5, 0.6) is 5.75 Å². The molecule has 5 nitrogen and oxygen atoms in total. The van der Waals surface area contributed by atoms with Crippen molar-refractivity contribution in [3.63, 3.8) is 0 Å². The molecule has 0 unspecified atom stereocenters. The maximum atomic E-state index is 12.3. The number of halogens is 1. The van der Waals surface area contributed by atoms with Gasteiger partial charge in [0.1, 0.15) is 11.3 Å². The Balaban J connectivity index is 1.61. The number of methoxy groups -OCH3 is 1. The zero-order valence-electron chi connectivity index (χ0n) is 15.9. The van der Waals surface area contributed by atoms with Crippen LogP contribution in [0.15, 0.2) is 51.7 Å². The van der Waals surface area contributed by atoms with Crippen LogP contribution >= 0.6 is 11.6 Å². The maximum Gasteiger partial charge on any atom is 0.339 e. The predicted octanol–water partition coefficient (Wildman–Crippen LogP) is 4.05. The number of aryl methyl sites for hydroxylation is 1. The molecule has 0 atom stereocenters. The number of amides is 1. The van der Waals surface area contributed by atoms with Gasteiger partial charge in [-0.25, -0.2) is 4.79 Å². The van der Waals surface area contributed by atoms with Gasteiger partial charge in [-0.3, -0.25) is 4.79 Å². The minimum absolute atomic E-state index is 0.101. The number of ether oxygens (including phenoxy) is 1. The van der Waals surface area contributed by atoms with E-state index in [9.17, 15) is 9.59 Å². The first-order chi connectivity index (χ1) is 13.5. The van der Waals surface area contributed by atoms with Crippen molar-refractivity contribution in [2.45, 2.75) is 26.2 Å². The lowest BCUT2D eigenvalue weighted by Crippen LogP contribution is -2.26. The van der Waals surface area contributed by atoms with Crippen molar-refractivity contribution in [3.8, 4) is 5.75 Å². The van der Waals surface area contributed by atoms with Crippen LogP contribution in [0.1, 0.15) is 23.1 Å². The molecular weight excluding hydrogens is 378 g/mol. The summed E-state index contributed by atoms with van der Waals surface area (Å²) in [6, 6.07) is 12.9. The first-order valence-electron chi connectivity index (χ1n) is 9.09. The average Bonchev–Trinajstić information content (AvgIpc) is 2.67. The molecule has 1 amide bonds. The Hall–Kier alpha value is -2.79. The Morgan fingerprint density at radius 1 is 1.18 bits per heavy atom. The molecule has 0 radical (unpaired) electrons. The summed E-state index contributed by atoms with van der Waals surface area (Å²) in [5.41, 5.74) is 2.50. The van der Waals surface area contributed by atoms with Gasteiger partial charge in [-0.05, 0) is 55.2 Å². The van der Waals surface area contributed by atoms with E-state index in [2.05, 4.69) is 5.32 Å². The lowest BCUT2D eigenvalue weighted by molar-refractivity contribution is -0.121. The van der Waals surface area contributed by atoms with E-state index in [-0.39, 0.29) is 12.3 Å². The van der Waals surface area contributed by atoms with Crippen molar-refractivity contribution >= 4 is 28.5 Å². The van der Waals surface area contributed by atoms with Gasteiger partial charge in [0.15, 0.2) is 0 Å². The molecule has 1 heterocycles. The summed E-state index contributed by atoms with van der Waals surface area (Å²) >= 11 is 5.96. The summed E-state index contributed by atoms with van der Waals surface area (Å²) in [6.45, 7) is 2.39. The van der Waals surface area contributed by atoms with E-state index in [0.29, 0.717) is 41.3 Å². The molecule has 146 valence electrons. The van der Waals surface area contributed by atoms with E-state index in [1.165, 1.54) is 0 Å². The van der Waals surface area contributed by atoms with Gasteiger partial charge in [-0.2, -0.15) is 0 Å². The fraction of sp³-hybridized carbons (Fsp3) is 0.273. The molecule has 0 fully saturated rings. The second kappa shape index (κ2) is 8.93. The maximum absolute atomic E-state index is 12.3. The summed E-state index contributed by atoms with van der Waals surface area (Å²) in [5, 5.41) is 4.41. The first kappa shape index (κ1) is 20.0. The molecule has 0 aliphatic rings. The molecule has 2 aromatic carbocycles. The topological polar surface area (TPSA) is 68.5 Å². The zero-order chi connectivity index (χ0) is 20.1. The highest BCUT2D eigenvalue weighted by molar-refractivity contribution is 6.30. The van der Waals surface area contributed by atoms with Gasteiger partial charge < -0.3 is 14.5 Å². The van der Waals surface area contributed by atoms with E-state index >= 15 is 0 Å². The molecular formula is C22H22ClNO4. The number of rotatable bonds is 7. The van der Waals surface area contributed by atoms with Gasteiger partial charge in [0.2, 0.25) is 5.91 Å². The largest absolute Gasteiger partial charge is 0.497 e. The third-order valence-corrected chi connectivity index (χ3v) is 4.96. The molecule has 0 aliphatic heterocycles. The zero-order valence-corrected chi connectivity index (χ0v) is 16.6. The summed E-state index contributed by atoms with van der Waals surface area (Å²) in [4.78, 5) is 24.5. The smallest absolute Gasteiger partial charge is 0.339 e. The number of hydrogen-bond donors (Lipinski definition) is 1. The lowest BCUT2D eigenvalue weighted by Gasteiger charge is -2.09. The van der Waals surface area contributed by atoms with Crippen molar-refractivity contribution in [1.29, 1.82) is 0 Å². The van der Waals surface area contributed by atoms with E-state index in [0.717, 1.165) is 16.5 Å². The van der Waals surface area contributed by atoms with Gasteiger partial charge >= 0.3 is 5.63 Å². The molecule has 0 aliphatic carbocycles. The van der Waals surface area contributed by atoms with E-state index in [1.807, 2.05) is 43.3 Å². The Labute approximate surface area is 168 Å². The van der Waals surface area contributed by atoms with Crippen molar-refractivity contribution < 1.29 is 13.9 Å². The molecule has 3 rings (SSSR count). The van der Waals surface area contributed by atoms with Crippen LogP contribution in [0.3, 0.4) is 0 Å². The van der Waals surface area contributed by atoms with Crippen LogP contribution in [0.25, 0.3) is 11.0 Å². The Bertz CT molecular complexity index is 1060. The number of benzene rings is 2. The summed E-state index contributed by atoms with van der Waals surface area (Å²) in [5.74, 6) is 0.525.